The zero-order valence-corrected chi connectivity index (χ0v) is 23.7. The van der Waals surface area contributed by atoms with Crippen LogP contribution in [0.15, 0.2) is 109 Å². The number of ether oxygens (including phenoxy) is 3. The quantitative estimate of drug-likeness (QED) is 0.130. The number of benzene rings is 4. The van der Waals surface area contributed by atoms with Crippen LogP contribution in [0.1, 0.15) is 35.2 Å². The van der Waals surface area contributed by atoms with Gasteiger partial charge in [0.15, 0.2) is 11.5 Å². The molecule has 0 spiro atoms. The molecule has 4 aromatic carbocycles. The lowest BCUT2D eigenvalue weighted by molar-refractivity contribution is -0.139. The fraction of sp³-hybridized carbons (Fsp3) is 0.200. The third-order valence-electron chi connectivity index (χ3n) is 7.20. The van der Waals surface area contributed by atoms with Crippen LogP contribution in [-0.2, 0) is 22.6 Å². The van der Waals surface area contributed by atoms with Gasteiger partial charge in [-0.05, 0) is 66.4 Å². The molecule has 0 aromatic heterocycles. The SMILES string of the molecule is CCOc1ccc(C(O)=C2C(=O)C(=O)N(CCc3ccccc3)[C@@H]2c2ccc(OCc3ccccc3)c(OC)c2)cc1. The van der Waals surface area contributed by atoms with E-state index in [9.17, 15) is 14.7 Å². The highest BCUT2D eigenvalue weighted by molar-refractivity contribution is 6.46. The van der Waals surface area contributed by atoms with Gasteiger partial charge >= 0.3 is 0 Å². The summed E-state index contributed by atoms with van der Waals surface area (Å²) in [6.07, 6.45) is 0.545. The number of ketones is 1. The van der Waals surface area contributed by atoms with Crippen molar-refractivity contribution in [2.45, 2.75) is 26.0 Å². The molecule has 7 heteroatoms. The highest BCUT2D eigenvalue weighted by Gasteiger charge is 2.46. The van der Waals surface area contributed by atoms with E-state index in [0.717, 1.165) is 11.1 Å². The molecule has 1 N–H and O–H groups in total. The van der Waals surface area contributed by atoms with Crippen molar-refractivity contribution in [2.75, 3.05) is 20.3 Å². The van der Waals surface area contributed by atoms with Gasteiger partial charge in [-0.25, -0.2) is 0 Å². The molecule has 1 heterocycles. The van der Waals surface area contributed by atoms with Crippen molar-refractivity contribution in [3.63, 3.8) is 0 Å². The first kappa shape index (κ1) is 28.5. The van der Waals surface area contributed by atoms with Gasteiger partial charge in [0.1, 0.15) is 18.1 Å². The average molecular weight is 564 g/mol. The predicted octanol–water partition coefficient (Wildman–Crippen LogP) is 6.34. The molecule has 0 radical (unpaired) electrons. The zero-order valence-electron chi connectivity index (χ0n) is 23.7. The van der Waals surface area contributed by atoms with Gasteiger partial charge in [0.2, 0.25) is 0 Å². The Morgan fingerprint density at radius 3 is 2.12 bits per heavy atom. The Morgan fingerprint density at radius 2 is 1.48 bits per heavy atom. The number of aliphatic hydroxyl groups is 1. The largest absolute Gasteiger partial charge is 0.507 e. The Bertz CT molecular complexity index is 1560. The van der Waals surface area contributed by atoms with Gasteiger partial charge in [0.25, 0.3) is 11.7 Å². The van der Waals surface area contributed by atoms with Crippen molar-refractivity contribution in [1.29, 1.82) is 0 Å². The van der Waals surface area contributed by atoms with Crippen LogP contribution in [0, 0.1) is 0 Å². The van der Waals surface area contributed by atoms with E-state index >= 15 is 0 Å². The van der Waals surface area contributed by atoms with E-state index in [1.165, 1.54) is 4.90 Å². The summed E-state index contributed by atoms with van der Waals surface area (Å²) in [4.78, 5) is 28.4. The maximum atomic E-state index is 13.5. The van der Waals surface area contributed by atoms with Gasteiger partial charge in [-0.2, -0.15) is 0 Å². The van der Waals surface area contributed by atoms with Crippen LogP contribution in [0.3, 0.4) is 0 Å². The molecular weight excluding hydrogens is 530 g/mol. The lowest BCUT2D eigenvalue weighted by atomic mass is 9.94. The smallest absolute Gasteiger partial charge is 0.295 e. The Morgan fingerprint density at radius 1 is 0.810 bits per heavy atom. The van der Waals surface area contributed by atoms with E-state index in [-0.39, 0.29) is 17.9 Å². The van der Waals surface area contributed by atoms with Crippen LogP contribution in [-0.4, -0.2) is 42.0 Å². The molecule has 7 nitrogen and oxygen atoms in total. The van der Waals surface area contributed by atoms with Crippen molar-refractivity contribution in [1.82, 2.24) is 4.90 Å². The van der Waals surface area contributed by atoms with E-state index in [1.807, 2.05) is 67.6 Å². The Balaban J connectivity index is 1.53. The summed E-state index contributed by atoms with van der Waals surface area (Å²) in [6.45, 7) is 3.03. The third kappa shape index (κ3) is 6.15. The Hall–Kier alpha value is -5.04. The number of Topliss-reactive ketones (excluding diaryl/α,β-unsaturated/α-hetero) is 1. The number of carbonyl (C=O) groups excluding carboxylic acids is 2. The second-order valence-corrected chi connectivity index (χ2v) is 9.87. The van der Waals surface area contributed by atoms with Gasteiger partial charge < -0.3 is 24.2 Å². The minimum atomic E-state index is -0.822. The third-order valence-corrected chi connectivity index (χ3v) is 7.20. The maximum absolute atomic E-state index is 13.5. The number of nitrogens with zero attached hydrogens (tertiary/aromatic N) is 1. The summed E-state index contributed by atoms with van der Waals surface area (Å²) in [6, 6.07) is 30.9. The number of aliphatic hydroxyl groups excluding tert-OH is 1. The number of methoxy groups -OCH3 is 1. The van der Waals surface area contributed by atoms with Crippen molar-refractivity contribution < 1.29 is 28.9 Å². The predicted molar refractivity (Wildman–Crippen MR) is 161 cm³/mol. The van der Waals surface area contributed by atoms with E-state index < -0.39 is 17.7 Å². The first-order valence-corrected chi connectivity index (χ1v) is 13.9. The van der Waals surface area contributed by atoms with Crippen molar-refractivity contribution >= 4 is 17.4 Å². The fourth-order valence-electron chi connectivity index (χ4n) is 5.09. The first-order chi connectivity index (χ1) is 20.5. The van der Waals surface area contributed by atoms with Crippen LogP contribution in [0.2, 0.25) is 0 Å². The molecule has 214 valence electrons. The monoisotopic (exact) mass is 563 g/mol. The average Bonchev–Trinajstić information content (AvgIpc) is 3.29. The van der Waals surface area contributed by atoms with Gasteiger partial charge in [-0.1, -0.05) is 66.7 Å². The molecule has 1 saturated heterocycles. The molecule has 5 rings (SSSR count). The van der Waals surface area contributed by atoms with Gasteiger partial charge in [-0.15, -0.1) is 0 Å². The molecule has 1 fully saturated rings. The molecule has 0 bridgehead atoms. The standard InChI is InChI=1S/C35H33NO6/c1-3-41-28-17-14-26(15-18-28)33(37)31-32(36(35(39)34(31)38)21-20-24-10-6-4-7-11-24)27-16-19-29(30(22-27)40-2)42-23-25-12-8-5-9-13-25/h4-19,22,32,37H,3,20-21,23H2,1-2H3/t32-/m1/s1. The zero-order chi connectivity index (χ0) is 29.5. The number of carbonyl (C=O) groups is 2. The molecule has 1 amide bonds. The van der Waals surface area contributed by atoms with Crippen LogP contribution in [0.5, 0.6) is 17.2 Å². The van der Waals surface area contributed by atoms with Crippen molar-refractivity contribution in [3.05, 3.63) is 131 Å². The topological polar surface area (TPSA) is 85.3 Å². The van der Waals surface area contributed by atoms with E-state index in [1.54, 1.807) is 49.6 Å². The molecule has 1 atom stereocenters. The summed E-state index contributed by atoms with van der Waals surface area (Å²) in [5.74, 6) is -0.0117. The summed E-state index contributed by atoms with van der Waals surface area (Å²) in [7, 11) is 1.54. The number of hydrogen-bond donors (Lipinski definition) is 1. The number of amides is 1. The lowest BCUT2D eigenvalue weighted by Gasteiger charge is -2.26. The summed E-state index contributed by atoms with van der Waals surface area (Å²) in [5.41, 5.74) is 3.11. The molecule has 0 aliphatic carbocycles. The highest BCUT2D eigenvalue weighted by Crippen LogP contribution is 2.42. The molecule has 1 aliphatic rings. The summed E-state index contributed by atoms with van der Waals surface area (Å²) in [5, 5.41) is 11.4. The van der Waals surface area contributed by atoms with Gasteiger partial charge in [0, 0.05) is 12.1 Å². The summed E-state index contributed by atoms with van der Waals surface area (Å²) >= 11 is 0. The second kappa shape index (κ2) is 13.1. The molecule has 42 heavy (non-hydrogen) atoms. The molecule has 4 aromatic rings. The fourth-order valence-corrected chi connectivity index (χ4v) is 5.09. The van der Waals surface area contributed by atoms with Gasteiger partial charge in [-0.3, -0.25) is 9.59 Å². The number of hydrogen-bond acceptors (Lipinski definition) is 6. The Kier molecular flexibility index (Phi) is 8.87. The van der Waals surface area contributed by atoms with E-state index in [2.05, 4.69) is 0 Å². The van der Waals surface area contributed by atoms with Crippen LogP contribution < -0.4 is 14.2 Å². The normalized spacial score (nSPS) is 16.0. The minimum absolute atomic E-state index is 0.0252. The highest BCUT2D eigenvalue weighted by atomic mass is 16.5. The Labute approximate surface area is 245 Å². The second-order valence-electron chi connectivity index (χ2n) is 9.87. The summed E-state index contributed by atoms with van der Waals surface area (Å²) < 4.78 is 17.2. The molecule has 0 saturated carbocycles. The maximum Gasteiger partial charge on any atom is 0.295 e. The molecular formula is C35H33NO6. The molecule has 0 unspecified atom stereocenters. The van der Waals surface area contributed by atoms with Crippen molar-refractivity contribution in [2.24, 2.45) is 0 Å². The van der Waals surface area contributed by atoms with Crippen LogP contribution in [0.25, 0.3) is 5.76 Å². The first-order valence-electron chi connectivity index (χ1n) is 13.9. The van der Waals surface area contributed by atoms with Crippen LogP contribution in [0.4, 0.5) is 0 Å². The number of likely N-dealkylation sites (tertiary alicyclic amines) is 1. The number of rotatable bonds is 11. The minimum Gasteiger partial charge on any atom is -0.507 e. The lowest BCUT2D eigenvalue weighted by Crippen LogP contribution is -2.31. The van der Waals surface area contributed by atoms with Gasteiger partial charge in [0.05, 0.1) is 25.3 Å². The van der Waals surface area contributed by atoms with E-state index in [0.29, 0.717) is 48.0 Å². The van der Waals surface area contributed by atoms with Crippen LogP contribution >= 0.6 is 0 Å². The molecule has 1 aliphatic heterocycles. The van der Waals surface area contributed by atoms with Crippen molar-refractivity contribution in [3.8, 4) is 17.2 Å². The van der Waals surface area contributed by atoms with E-state index in [4.69, 9.17) is 14.2 Å².